The van der Waals surface area contributed by atoms with E-state index in [-0.39, 0.29) is 5.91 Å². The van der Waals surface area contributed by atoms with Gasteiger partial charge in [-0.2, -0.15) is 0 Å². The number of rotatable bonds is 5. The summed E-state index contributed by atoms with van der Waals surface area (Å²) in [7, 11) is 0. The second kappa shape index (κ2) is 7.14. The normalized spacial score (nSPS) is 18.4. The smallest absolute Gasteiger partial charge is 0.245 e. The van der Waals surface area contributed by atoms with Gasteiger partial charge in [-0.15, -0.1) is 11.6 Å². The molecule has 0 aromatic heterocycles. The van der Waals surface area contributed by atoms with Crippen molar-refractivity contribution in [2.75, 3.05) is 13.2 Å². The Bertz CT molecular complexity index is 586. The molecule has 112 valence electrons. The predicted octanol–water partition coefficient (Wildman–Crippen LogP) is 4.21. The number of hydrogen-bond acceptors (Lipinski definition) is 2. The first-order valence-corrected chi connectivity index (χ1v) is 8.00. The van der Waals surface area contributed by atoms with Gasteiger partial charge in [-0.1, -0.05) is 18.7 Å². The van der Waals surface area contributed by atoms with Gasteiger partial charge in [0.1, 0.15) is 17.7 Å². The van der Waals surface area contributed by atoms with Crippen LogP contribution in [0.1, 0.15) is 18.9 Å². The van der Waals surface area contributed by atoms with Crippen molar-refractivity contribution in [3.8, 4) is 5.75 Å². The van der Waals surface area contributed by atoms with Crippen LogP contribution in [0.5, 0.6) is 5.75 Å². The summed E-state index contributed by atoms with van der Waals surface area (Å²) in [5, 5.41) is -0.470. The van der Waals surface area contributed by atoms with E-state index < -0.39 is 5.38 Å². The summed E-state index contributed by atoms with van der Waals surface area (Å²) in [6.45, 7) is 6.62. The number of benzene rings is 1. The van der Waals surface area contributed by atoms with Crippen LogP contribution in [0.15, 0.2) is 41.4 Å². The molecule has 1 aromatic rings. The van der Waals surface area contributed by atoms with Crippen molar-refractivity contribution in [1.29, 1.82) is 0 Å². The van der Waals surface area contributed by atoms with Gasteiger partial charge in [-0.3, -0.25) is 4.79 Å². The maximum absolute atomic E-state index is 12.2. The number of allylic oxidation sites excluding steroid dienone is 1. The third-order valence-electron chi connectivity index (χ3n) is 3.24. The van der Waals surface area contributed by atoms with Gasteiger partial charge < -0.3 is 9.64 Å². The van der Waals surface area contributed by atoms with Crippen molar-refractivity contribution < 1.29 is 9.53 Å². The number of carbonyl (C=O) groups is 1. The molecular formula is C16H17BrClNO2. The van der Waals surface area contributed by atoms with E-state index in [1.165, 1.54) is 0 Å². The van der Waals surface area contributed by atoms with Gasteiger partial charge >= 0.3 is 0 Å². The van der Waals surface area contributed by atoms with Crippen LogP contribution < -0.4 is 4.74 Å². The number of halogens is 2. The number of hydrogen-bond donors (Lipinski definition) is 0. The van der Waals surface area contributed by atoms with Crippen molar-refractivity contribution in [2.45, 2.75) is 18.7 Å². The van der Waals surface area contributed by atoms with Crippen molar-refractivity contribution in [3.63, 3.8) is 0 Å². The van der Waals surface area contributed by atoms with E-state index in [0.717, 1.165) is 21.5 Å². The lowest BCUT2D eigenvalue weighted by Gasteiger charge is -2.30. The molecule has 0 saturated carbocycles. The molecule has 0 aliphatic carbocycles. The Labute approximate surface area is 138 Å². The molecule has 1 atom stereocenters. The molecule has 0 spiro atoms. The average Bonchev–Trinajstić information content (AvgIpc) is 2.48. The lowest BCUT2D eigenvalue weighted by atomic mass is 10.0. The van der Waals surface area contributed by atoms with E-state index in [0.29, 0.717) is 19.6 Å². The summed E-state index contributed by atoms with van der Waals surface area (Å²) in [6, 6.07) is 5.72. The molecule has 21 heavy (non-hydrogen) atoms. The zero-order valence-electron chi connectivity index (χ0n) is 11.8. The maximum atomic E-state index is 12.2. The molecule has 1 aromatic carbocycles. The molecule has 0 radical (unpaired) electrons. The number of carbonyl (C=O) groups excluding carboxylic acids is 1. The first-order valence-electron chi connectivity index (χ1n) is 6.77. The van der Waals surface area contributed by atoms with Gasteiger partial charge in [-0.25, -0.2) is 0 Å². The third-order valence-corrected chi connectivity index (χ3v) is 4.26. The predicted molar refractivity (Wildman–Crippen MR) is 89.5 cm³/mol. The third kappa shape index (κ3) is 3.50. The Balaban J connectivity index is 2.32. The SMILES string of the molecule is C=CCOc1ccc(C2=CCC(Cl)C(=O)N2CC)c(Br)c1. The highest BCUT2D eigenvalue weighted by Gasteiger charge is 2.29. The number of ether oxygens (including phenoxy) is 1. The molecule has 0 bridgehead atoms. The summed E-state index contributed by atoms with van der Waals surface area (Å²) in [4.78, 5) is 13.9. The summed E-state index contributed by atoms with van der Waals surface area (Å²) in [5.74, 6) is 0.710. The minimum absolute atomic E-state index is 0.0458. The van der Waals surface area contributed by atoms with Gasteiger partial charge in [0, 0.05) is 22.3 Å². The molecule has 3 nitrogen and oxygen atoms in total. The molecule has 0 N–H and O–H groups in total. The Morgan fingerprint density at radius 3 is 2.95 bits per heavy atom. The summed E-state index contributed by atoms with van der Waals surface area (Å²) in [6.07, 6.45) is 4.25. The van der Waals surface area contributed by atoms with Crippen LogP contribution in [0.4, 0.5) is 0 Å². The van der Waals surface area contributed by atoms with Gasteiger partial charge in [0.25, 0.3) is 0 Å². The van der Waals surface area contributed by atoms with E-state index in [2.05, 4.69) is 22.5 Å². The second-order valence-corrected chi connectivity index (χ2v) is 6.00. The molecule has 1 aliphatic rings. The zero-order valence-corrected chi connectivity index (χ0v) is 14.2. The van der Waals surface area contributed by atoms with E-state index in [1.807, 2.05) is 31.2 Å². The Hall–Kier alpha value is -1.26. The lowest BCUT2D eigenvalue weighted by molar-refractivity contribution is -0.127. The minimum atomic E-state index is -0.470. The van der Waals surface area contributed by atoms with Crippen LogP contribution in [0.2, 0.25) is 0 Å². The molecule has 1 heterocycles. The van der Waals surface area contributed by atoms with E-state index in [9.17, 15) is 4.79 Å². The van der Waals surface area contributed by atoms with Crippen molar-refractivity contribution in [2.24, 2.45) is 0 Å². The molecule has 0 saturated heterocycles. The fourth-order valence-electron chi connectivity index (χ4n) is 2.24. The molecule has 1 unspecified atom stereocenters. The minimum Gasteiger partial charge on any atom is -0.490 e. The second-order valence-electron chi connectivity index (χ2n) is 4.62. The van der Waals surface area contributed by atoms with Crippen LogP contribution in [-0.4, -0.2) is 29.3 Å². The van der Waals surface area contributed by atoms with Gasteiger partial charge in [0.15, 0.2) is 0 Å². The Morgan fingerprint density at radius 2 is 2.33 bits per heavy atom. The molecule has 0 fully saturated rings. The largest absolute Gasteiger partial charge is 0.490 e. The summed E-state index contributed by atoms with van der Waals surface area (Å²) < 4.78 is 6.38. The first-order chi connectivity index (χ1) is 10.1. The van der Waals surface area contributed by atoms with Crippen molar-refractivity contribution in [1.82, 2.24) is 4.90 Å². The fraction of sp³-hybridized carbons (Fsp3) is 0.312. The molecule has 2 rings (SSSR count). The van der Waals surface area contributed by atoms with E-state index in [4.69, 9.17) is 16.3 Å². The number of amides is 1. The highest BCUT2D eigenvalue weighted by Crippen LogP contribution is 2.34. The van der Waals surface area contributed by atoms with Crippen LogP contribution in [0.3, 0.4) is 0 Å². The van der Waals surface area contributed by atoms with Crippen LogP contribution in [-0.2, 0) is 4.79 Å². The Kier molecular flexibility index (Phi) is 5.48. The lowest BCUT2D eigenvalue weighted by Crippen LogP contribution is -2.38. The standard InChI is InChI=1S/C16H17BrClNO2/c1-3-9-21-11-5-6-12(13(17)10-11)15-8-7-14(18)16(20)19(15)4-2/h3,5-6,8,10,14H,1,4,7,9H2,2H3. The molecule has 1 amide bonds. The molecule has 5 heteroatoms. The summed E-state index contributed by atoms with van der Waals surface area (Å²) >= 11 is 9.59. The van der Waals surface area contributed by atoms with E-state index >= 15 is 0 Å². The molecular weight excluding hydrogens is 354 g/mol. The van der Waals surface area contributed by atoms with Gasteiger partial charge in [0.05, 0.1) is 0 Å². The van der Waals surface area contributed by atoms with Crippen molar-refractivity contribution in [3.05, 3.63) is 47.0 Å². The maximum Gasteiger partial charge on any atom is 0.245 e. The van der Waals surface area contributed by atoms with Crippen LogP contribution in [0, 0.1) is 0 Å². The first kappa shape index (κ1) is 16.1. The highest BCUT2D eigenvalue weighted by atomic mass is 79.9. The topological polar surface area (TPSA) is 29.5 Å². The van der Waals surface area contributed by atoms with Crippen LogP contribution >= 0.6 is 27.5 Å². The monoisotopic (exact) mass is 369 g/mol. The molecule has 1 aliphatic heterocycles. The number of nitrogens with zero attached hydrogens (tertiary/aromatic N) is 1. The Morgan fingerprint density at radius 1 is 1.57 bits per heavy atom. The van der Waals surface area contributed by atoms with Gasteiger partial charge in [0.2, 0.25) is 5.91 Å². The average molecular weight is 371 g/mol. The van der Waals surface area contributed by atoms with Crippen LogP contribution in [0.25, 0.3) is 5.70 Å². The highest BCUT2D eigenvalue weighted by molar-refractivity contribution is 9.10. The zero-order chi connectivity index (χ0) is 15.4. The van der Waals surface area contributed by atoms with Crippen molar-refractivity contribution >= 4 is 39.1 Å². The van der Waals surface area contributed by atoms with Gasteiger partial charge in [-0.05, 0) is 47.5 Å². The van der Waals surface area contributed by atoms with E-state index in [1.54, 1.807) is 11.0 Å². The fourth-order valence-corrected chi connectivity index (χ4v) is 3.01. The number of alkyl halides is 1. The summed E-state index contributed by atoms with van der Waals surface area (Å²) in [5.41, 5.74) is 1.85. The quantitative estimate of drug-likeness (QED) is 0.574.